The molecule has 1 aromatic rings. The van der Waals surface area contributed by atoms with Gasteiger partial charge in [-0.3, -0.25) is 4.68 Å². The van der Waals surface area contributed by atoms with Gasteiger partial charge in [-0.05, 0) is 25.2 Å². The van der Waals surface area contributed by atoms with Gasteiger partial charge in [0.1, 0.15) is 5.15 Å². The predicted molar refractivity (Wildman–Crippen MR) is 73.9 cm³/mol. The van der Waals surface area contributed by atoms with Crippen molar-refractivity contribution in [1.82, 2.24) is 9.78 Å². The molecule has 1 atom stereocenters. The third-order valence-electron chi connectivity index (χ3n) is 4.64. The van der Waals surface area contributed by atoms with E-state index in [1.165, 1.54) is 6.42 Å². The van der Waals surface area contributed by atoms with E-state index in [9.17, 15) is 5.11 Å². The molecule has 0 radical (unpaired) electrons. The highest BCUT2D eigenvalue weighted by atomic mass is 35.5. The highest BCUT2D eigenvalue weighted by Crippen LogP contribution is 2.46. The fourth-order valence-electron chi connectivity index (χ4n) is 3.05. The van der Waals surface area contributed by atoms with Gasteiger partial charge in [0.05, 0.1) is 11.3 Å². The summed E-state index contributed by atoms with van der Waals surface area (Å²) in [6.45, 7) is 6.28. The Kier molecular flexibility index (Phi) is 3.50. The van der Waals surface area contributed by atoms with Gasteiger partial charge in [0.25, 0.3) is 0 Å². The van der Waals surface area contributed by atoms with Crippen molar-refractivity contribution in [3.63, 3.8) is 0 Å². The van der Waals surface area contributed by atoms with Crippen molar-refractivity contribution in [3.05, 3.63) is 16.4 Å². The number of nitrogens with zero attached hydrogens (tertiary/aromatic N) is 2. The molecule has 1 N–H and O–H groups in total. The van der Waals surface area contributed by atoms with Crippen molar-refractivity contribution in [1.29, 1.82) is 0 Å². The van der Waals surface area contributed by atoms with E-state index in [1.807, 2.05) is 14.0 Å². The summed E-state index contributed by atoms with van der Waals surface area (Å²) < 4.78 is 1.69. The van der Waals surface area contributed by atoms with Crippen LogP contribution in [-0.2, 0) is 13.5 Å². The predicted octanol–water partition coefficient (Wildman–Crippen LogP) is 3.26. The molecule has 2 rings (SSSR count). The molecule has 102 valence electrons. The summed E-state index contributed by atoms with van der Waals surface area (Å²) in [5.74, 6) is 0. The van der Waals surface area contributed by atoms with E-state index in [0.29, 0.717) is 11.6 Å². The highest BCUT2D eigenvalue weighted by molar-refractivity contribution is 6.30. The van der Waals surface area contributed by atoms with Crippen molar-refractivity contribution in [2.45, 2.75) is 58.5 Å². The fourth-order valence-corrected chi connectivity index (χ4v) is 3.29. The van der Waals surface area contributed by atoms with Gasteiger partial charge in [-0.2, -0.15) is 5.10 Å². The Hall–Kier alpha value is -0.540. The SMILES string of the molecule is Cc1nn(C)c(Cl)c1CC1(O)CCCCC1(C)C. The van der Waals surface area contributed by atoms with Crippen molar-refractivity contribution in [2.24, 2.45) is 12.5 Å². The number of hydrogen-bond donors (Lipinski definition) is 1. The van der Waals surface area contributed by atoms with Crippen LogP contribution in [0.1, 0.15) is 50.8 Å². The Balaban J connectivity index is 2.32. The van der Waals surface area contributed by atoms with E-state index >= 15 is 0 Å². The molecule has 18 heavy (non-hydrogen) atoms. The van der Waals surface area contributed by atoms with Gasteiger partial charge in [-0.25, -0.2) is 0 Å². The largest absolute Gasteiger partial charge is 0.389 e. The number of rotatable bonds is 2. The maximum absolute atomic E-state index is 11.0. The molecule has 0 bridgehead atoms. The molecule has 1 heterocycles. The number of aliphatic hydroxyl groups is 1. The van der Waals surface area contributed by atoms with Crippen LogP contribution in [0.2, 0.25) is 5.15 Å². The molecule has 0 aliphatic heterocycles. The lowest BCUT2D eigenvalue weighted by atomic mass is 9.63. The minimum atomic E-state index is -0.664. The van der Waals surface area contributed by atoms with Gasteiger partial charge in [-0.15, -0.1) is 0 Å². The third kappa shape index (κ3) is 2.19. The summed E-state index contributed by atoms with van der Waals surface area (Å²) in [6.07, 6.45) is 4.83. The van der Waals surface area contributed by atoms with Crippen LogP contribution in [0.5, 0.6) is 0 Å². The van der Waals surface area contributed by atoms with Gasteiger partial charge >= 0.3 is 0 Å². The Morgan fingerprint density at radius 2 is 1.94 bits per heavy atom. The fraction of sp³-hybridized carbons (Fsp3) is 0.786. The average molecular weight is 271 g/mol. The average Bonchev–Trinajstić information content (AvgIpc) is 2.50. The molecule has 1 unspecified atom stereocenters. The van der Waals surface area contributed by atoms with E-state index in [4.69, 9.17) is 11.6 Å². The summed E-state index contributed by atoms with van der Waals surface area (Å²) in [7, 11) is 1.84. The van der Waals surface area contributed by atoms with E-state index in [2.05, 4.69) is 18.9 Å². The first-order valence-corrected chi connectivity index (χ1v) is 7.05. The molecule has 0 saturated heterocycles. The van der Waals surface area contributed by atoms with Crippen LogP contribution in [0.4, 0.5) is 0 Å². The molecular weight excluding hydrogens is 248 g/mol. The number of hydrogen-bond acceptors (Lipinski definition) is 2. The third-order valence-corrected chi connectivity index (χ3v) is 5.11. The first-order valence-electron chi connectivity index (χ1n) is 6.67. The van der Waals surface area contributed by atoms with Gasteiger partial charge in [0, 0.05) is 19.0 Å². The van der Waals surface area contributed by atoms with Crippen LogP contribution >= 0.6 is 11.6 Å². The van der Waals surface area contributed by atoms with Crippen molar-refractivity contribution >= 4 is 11.6 Å². The van der Waals surface area contributed by atoms with Gasteiger partial charge < -0.3 is 5.11 Å². The van der Waals surface area contributed by atoms with E-state index < -0.39 is 5.60 Å². The summed E-state index contributed by atoms with van der Waals surface area (Å²) >= 11 is 6.28. The summed E-state index contributed by atoms with van der Waals surface area (Å²) in [5, 5.41) is 16.0. The van der Waals surface area contributed by atoms with Gasteiger partial charge in [0.2, 0.25) is 0 Å². The molecule has 0 spiro atoms. The van der Waals surface area contributed by atoms with Crippen molar-refractivity contribution in [3.8, 4) is 0 Å². The van der Waals surface area contributed by atoms with Crippen LogP contribution in [0, 0.1) is 12.3 Å². The molecule has 1 aliphatic rings. The summed E-state index contributed by atoms with van der Waals surface area (Å²) in [6, 6.07) is 0. The molecule has 4 heteroatoms. The minimum Gasteiger partial charge on any atom is -0.389 e. The quantitative estimate of drug-likeness (QED) is 0.896. The Bertz CT molecular complexity index is 453. The first kappa shape index (κ1) is 13.9. The maximum Gasteiger partial charge on any atom is 0.130 e. The maximum atomic E-state index is 11.0. The normalized spacial score (nSPS) is 27.4. The van der Waals surface area contributed by atoms with E-state index in [0.717, 1.165) is 30.5 Å². The zero-order valence-corrected chi connectivity index (χ0v) is 12.5. The Morgan fingerprint density at radius 1 is 1.33 bits per heavy atom. The number of aryl methyl sites for hydroxylation is 2. The topological polar surface area (TPSA) is 38.0 Å². The summed E-state index contributed by atoms with van der Waals surface area (Å²) in [4.78, 5) is 0. The second kappa shape index (κ2) is 4.53. The minimum absolute atomic E-state index is 0.0587. The van der Waals surface area contributed by atoms with Crippen LogP contribution in [0.25, 0.3) is 0 Å². The lowest BCUT2D eigenvalue weighted by molar-refractivity contribution is -0.0959. The van der Waals surface area contributed by atoms with Crippen LogP contribution in [0.15, 0.2) is 0 Å². The Labute approximate surface area is 114 Å². The van der Waals surface area contributed by atoms with Crippen LogP contribution in [0.3, 0.4) is 0 Å². The lowest BCUT2D eigenvalue weighted by Gasteiger charge is -2.46. The molecule has 3 nitrogen and oxygen atoms in total. The summed E-state index contributed by atoms with van der Waals surface area (Å²) in [5.41, 5.74) is 1.20. The number of halogens is 1. The molecule has 1 fully saturated rings. The zero-order valence-electron chi connectivity index (χ0n) is 11.8. The molecule has 1 aliphatic carbocycles. The first-order chi connectivity index (χ1) is 8.27. The highest BCUT2D eigenvalue weighted by Gasteiger charge is 2.45. The van der Waals surface area contributed by atoms with E-state index in [-0.39, 0.29) is 5.41 Å². The van der Waals surface area contributed by atoms with Gasteiger partial charge in [0.15, 0.2) is 0 Å². The number of aromatic nitrogens is 2. The second-order valence-electron chi connectivity index (χ2n) is 6.28. The lowest BCUT2D eigenvalue weighted by Crippen LogP contribution is -2.48. The second-order valence-corrected chi connectivity index (χ2v) is 6.64. The monoisotopic (exact) mass is 270 g/mol. The smallest absolute Gasteiger partial charge is 0.130 e. The zero-order chi connectivity index (χ0) is 13.6. The van der Waals surface area contributed by atoms with Crippen molar-refractivity contribution < 1.29 is 5.11 Å². The molecular formula is C14H23ClN2O. The van der Waals surface area contributed by atoms with Crippen LogP contribution < -0.4 is 0 Å². The van der Waals surface area contributed by atoms with E-state index in [1.54, 1.807) is 4.68 Å². The molecule has 1 saturated carbocycles. The molecule has 0 amide bonds. The van der Waals surface area contributed by atoms with Crippen LogP contribution in [-0.4, -0.2) is 20.5 Å². The molecule has 1 aromatic heterocycles. The molecule has 0 aromatic carbocycles. The standard InChI is InChI=1S/C14H23ClN2O/c1-10-11(12(15)17(4)16-10)9-14(18)8-6-5-7-13(14,2)3/h18H,5-9H2,1-4H3. The van der Waals surface area contributed by atoms with Gasteiger partial charge in [-0.1, -0.05) is 38.3 Å². The van der Waals surface area contributed by atoms with Crippen molar-refractivity contribution in [2.75, 3.05) is 0 Å². The Morgan fingerprint density at radius 3 is 2.44 bits per heavy atom.